The standard InChI is InChI=1S/C38H27N3/c1-25-5-3-7-28(19-25)30-10-13-34-35-14-11-31(29-8-4-6-26(2)20-29)22-38(35)41(37(34)21-30)33-12-9-32(24-39)36(23-33)27-15-17-40-18-16-27/h3-23H,1-2H3. The average Bonchev–Trinajstić information content (AvgIpc) is 3.34. The topological polar surface area (TPSA) is 41.6 Å². The van der Waals surface area contributed by atoms with E-state index in [2.05, 4.69) is 127 Å². The maximum Gasteiger partial charge on any atom is 0.0998 e. The smallest absolute Gasteiger partial charge is 0.0998 e. The molecule has 194 valence electrons. The van der Waals surface area contributed by atoms with Crippen molar-refractivity contribution >= 4 is 21.8 Å². The van der Waals surface area contributed by atoms with Crippen molar-refractivity contribution in [2.75, 3.05) is 0 Å². The van der Waals surface area contributed by atoms with Crippen molar-refractivity contribution in [3.63, 3.8) is 0 Å². The number of hydrogen-bond donors (Lipinski definition) is 0. The normalized spacial score (nSPS) is 11.1. The van der Waals surface area contributed by atoms with E-state index in [1.165, 1.54) is 44.2 Å². The Morgan fingerprint density at radius 1 is 0.561 bits per heavy atom. The number of nitrogens with zero attached hydrogens (tertiary/aromatic N) is 3. The summed E-state index contributed by atoms with van der Waals surface area (Å²) in [4.78, 5) is 4.18. The minimum Gasteiger partial charge on any atom is -0.309 e. The Morgan fingerprint density at radius 2 is 1.12 bits per heavy atom. The van der Waals surface area contributed by atoms with Crippen LogP contribution < -0.4 is 0 Å². The largest absolute Gasteiger partial charge is 0.309 e. The summed E-state index contributed by atoms with van der Waals surface area (Å²) in [5.74, 6) is 0. The van der Waals surface area contributed by atoms with E-state index >= 15 is 0 Å². The Labute approximate surface area is 239 Å². The fraction of sp³-hybridized carbons (Fsp3) is 0.0526. The summed E-state index contributed by atoms with van der Waals surface area (Å²) < 4.78 is 2.34. The first-order valence-electron chi connectivity index (χ1n) is 13.8. The summed E-state index contributed by atoms with van der Waals surface area (Å²) in [7, 11) is 0. The molecule has 3 nitrogen and oxygen atoms in total. The van der Waals surface area contributed by atoms with Crippen LogP contribution in [0.25, 0.3) is 60.9 Å². The molecule has 0 aliphatic rings. The van der Waals surface area contributed by atoms with Gasteiger partial charge in [-0.25, -0.2) is 0 Å². The predicted octanol–water partition coefficient (Wildman–Crippen LogP) is 9.67. The molecule has 0 amide bonds. The van der Waals surface area contributed by atoms with Crippen LogP contribution in [0.1, 0.15) is 16.7 Å². The molecule has 2 aromatic heterocycles. The minimum absolute atomic E-state index is 0.640. The van der Waals surface area contributed by atoms with E-state index in [9.17, 15) is 5.26 Å². The van der Waals surface area contributed by atoms with Gasteiger partial charge < -0.3 is 4.57 Å². The lowest BCUT2D eigenvalue weighted by Gasteiger charge is -2.13. The second-order valence-electron chi connectivity index (χ2n) is 10.6. The number of rotatable bonds is 4. The molecule has 0 aliphatic carbocycles. The third-order valence-corrected chi connectivity index (χ3v) is 7.84. The van der Waals surface area contributed by atoms with E-state index in [0.29, 0.717) is 5.56 Å². The van der Waals surface area contributed by atoms with Crippen molar-refractivity contribution in [3.8, 4) is 45.1 Å². The lowest BCUT2D eigenvalue weighted by molar-refractivity contribution is 1.18. The maximum absolute atomic E-state index is 9.94. The Hall–Kier alpha value is -5.46. The monoisotopic (exact) mass is 525 g/mol. The maximum atomic E-state index is 9.94. The Balaban J connectivity index is 1.54. The van der Waals surface area contributed by atoms with Gasteiger partial charge in [0.25, 0.3) is 0 Å². The van der Waals surface area contributed by atoms with Gasteiger partial charge in [0.05, 0.1) is 22.7 Å². The summed E-state index contributed by atoms with van der Waals surface area (Å²) in [5.41, 5.74) is 13.0. The highest BCUT2D eigenvalue weighted by molar-refractivity contribution is 6.11. The fourth-order valence-corrected chi connectivity index (χ4v) is 5.84. The highest BCUT2D eigenvalue weighted by atomic mass is 15.0. The SMILES string of the molecule is Cc1cccc(-c2ccc3c4ccc(-c5cccc(C)c5)cc4n(-c4ccc(C#N)c(-c5ccncc5)c4)c3c2)c1. The van der Waals surface area contributed by atoms with Crippen molar-refractivity contribution in [1.29, 1.82) is 5.26 Å². The number of benzene rings is 5. The molecule has 5 aromatic carbocycles. The number of aromatic nitrogens is 2. The Morgan fingerprint density at radius 3 is 1.66 bits per heavy atom. The fourth-order valence-electron chi connectivity index (χ4n) is 5.84. The van der Waals surface area contributed by atoms with Gasteiger partial charge in [0.15, 0.2) is 0 Å². The molecule has 0 radical (unpaired) electrons. The predicted molar refractivity (Wildman–Crippen MR) is 169 cm³/mol. The van der Waals surface area contributed by atoms with Crippen molar-refractivity contribution in [2.45, 2.75) is 13.8 Å². The van der Waals surface area contributed by atoms with Crippen molar-refractivity contribution in [1.82, 2.24) is 9.55 Å². The van der Waals surface area contributed by atoms with Gasteiger partial charge in [-0.1, -0.05) is 83.9 Å². The van der Waals surface area contributed by atoms with E-state index in [-0.39, 0.29) is 0 Å². The summed E-state index contributed by atoms with van der Waals surface area (Å²) in [6.07, 6.45) is 3.54. The first-order valence-corrected chi connectivity index (χ1v) is 13.8. The van der Waals surface area contributed by atoms with Gasteiger partial charge >= 0.3 is 0 Å². The van der Waals surface area contributed by atoms with Gasteiger partial charge in [-0.05, 0) is 84.1 Å². The molecule has 2 heterocycles. The molecule has 0 aliphatic heterocycles. The van der Waals surface area contributed by atoms with Gasteiger partial charge in [-0.3, -0.25) is 4.98 Å². The zero-order valence-electron chi connectivity index (χ0n) is 23.0. The molecule has 0 fully saturated rings. The zero-order valence-corrected chi connectivity index (χ0v) is 23.0. The molecular formula is C38H27N3. The molecule has 3 heteroatoms. The minimum atomic E-state index is 0.640. The lowest BCUT2D eigenvalue weighted by Crippen LogP contribution is -1.97. The van der Waals surface area contributed by atoms with Crippen LogP contribution in [0.3, 0.4) is 0 Å². The highest BCUT2D eigenvalue weighted by Crippen LogP contribution is 2.38. The van der Waals surface area contributed by atoms with Gasteiger partial charge in [-0.2, -0.15) is 5.26 Å². The lowest BCUT2D eigenvalue weighted by atomic mass is 10.00. The van der Waals surface area contributed by atoms with Gasteiger partial charge in [-0.15, -0.1) is 0 Å². The number of aryl methyl sites for hydroxylation is 2. The van der Waals surface area contributed by atoms with Crippen LogP contribution in [0.4, 0.5) is 0 Å². The molecule has 0 unspecified atom stereocenters. The molecule has 0 bridgehead atoms. The second kappa shape index (κ2) is 9.93. The van der Waals surface area contributed by atoms with Gasteiger partial charge in [0.1, 0.15) is 0 Å². The molecule has 0 atom stereocenters. The quantitative estimate of drug-likeness (QED) is 0.229. The van der Waals surface area contributed by atoms with Crippen LogP contribution in [0, 0.1) is 25.2 Å². The van der Waals surface area contributed by atoms with Crippen LogP contribution in [0.2, 0.25) is 0 Å². The first kappa shape index (κ1) is 24.6. The molecule has 41 heavy (non-hydrogen) atoms. The number of pyridine rings is 1. The number of nitriles is 1. The molecular weight excluding hydrogens is 498 g/mol. The third-order valence-electron chi connectivity index (χ3n) is 7.84. The Bertz CT molecular complexity index is 2030. The van der Waals surface area contributed by atoms with E-state index in [1.54, 1.807) is 12.4 Å². The number of fused-ring (bicyclic) bond motifs is 3. The van der Waals surface area contributed by atoms with Crippen molar-refractivity contribution < 1.29 is 0 Å². The molecule has 0 saturated heterocycles. The summed E-state index contributed by atoms with van der Waals surface area (Å²) in [6.45, 7) is 4.26. The van der Waals surface area contributed by atoms with E-state index in [0.717, 1.165) is 27.8 Å². The van der Waals surface area contributed by atoms with Gasteiger partial charge in [0, 0.05) is 34.4 Å². The molecule has 0 N–H and O–H groups in total. The van der Waals surface area contributed by atoms with E-state index in [4.69, 9.17) is 0 Å². The van der Waals surface area contributed by atoms with Crippen LogP contribution >= 0.6 is 0 Å². The summed E-state index contributed by atoms with van der Waals surface area (Å²) in [5, 5.41) is 12.3. The molecule has 7 rings (SSSR count). The van der Waals surface area contributed by atoms with Crippen LogP contribution in [-0.2, 0) is 0 Å². The van der Waals surface area contributed by atoms with E-state index < -0.39 is 0 Å². The summed E-state index contributed by atoms with van der Waals surface area (Å²) >= 11 is 0. The molecule has 0 saturated carbocycles. The summed E-state index contributed by atoms with van der Waals surface area (Å²) in [6, 6.07) is 43.2. The Kier molecular flexibility index (Phi) is 5.95. The van der Waals surface area contributed by atoms with Crippen LogP contribution in [-0.4, -0.2) is 9.55 Å². The van der Waals surface area contributed by atoms with Crippen LogP contribution in [0.15, 0.2) is 128 Å². The third kappa shape index (κ3) is 4.36. The van der Waals surface area contributed by atoms with E-state index in [1.807, 2.05) is 18.2 Å². The molecule has 7 aromatic rings. The van der Waals surface area contributed by atoms with Crippen LogP contribution in [0.5, 0.6) is 0 Å². The van der Waals surface area contributed by atoms with Crippen molar-refractivity contribution in [3.05, 3.63) is 144 Å². The highest BCUT2D eigenvalue weighted by Gasteiger charge is 2.16. The zero-order chi connectivity index (χ0) is 27.9. The second-order valence-corrected chi connectivity index (χ2v) is 10.6. The van der Waals surface area contributed by atoms with Gasteiger partial charge in [0.2, 0.25) is 0 Å². The van der Waals surface area contributed by atoms with Crippen molar-refractivity contribution in [2.24, 2.45) is 0 Å². The first-order chi connectivity index (χ1) is 20.1. The average molecular weight is 526 g/mol. The molecule has 0 spiro atoms. The number of hydrogen-bond acceptors (Lipinski definition) is 2.